The number of rotatable bonds is 1. The van der Waals surface area contributed by atoms with Crippen LogP contribution in [0.2, 0.25) is 39.3 Å². The van der Waals surface area contributed by atoms with Crippen LogP contribution in [0.15, 0.2) is 23.3 Å². The highest BCUT2D eigenvalue weighted by Crippen LogP contribution is 2.35. The van der Waals surface area contributed by atoms with Crippen molar-refractivity contribution in [1.29, 1.82) is 0 Å². The molecular weight excluding hydrogens is 320 g/mol. The molecule has 0 aliphatic heterocycles. The summed E-state index contributed by atoms with van der Waals surface area (Å²) in [5.41, 5.74) is 9.91. The molecule has 0 N–H and O–H groups in total. The smallest absolute Gasteiger partial charge is 0.127 e. The lowest BCUT2D eigenvalue weighted by Gasteiger charge is -2.29. The average molecular weight is 355 g/mol. The van der Waals surface area contributed by atoms with E-state index in [1.54, 1.807) is 0 Å². The number of hydrogen-bond donors (Lipinski definition) is 0. The van der Waals surface area contributed by atoms with E-state index in [1.807, 2.05) is 0 Å². The maximum absolute atomic E-state index is 3.55. The van der Waals surface area contributed by atoms with E-state index in [0.717, 1.165) is 0 Å². The van der Waals surface area contributed by atoms with Crippen LogP contribution in [0.1, 0.15) is 38.5 Å². The summed E-state index contributed by atoms with van der Waals surface area (Å²) in [5.74, 6) is 8.41. The normalized spacial score (nSPS) is 24.8. The summed E-state index contributed by atoms with van der Waals surface area (Å²) in [6.45, 7) is 14.0. The fourth-order valence-corrected chi connectivity index (χ4v) is 4.40. The van der Waals surface area contributed by atoms with E-state index in [0.29, 0.717) is 11.8 Å². The second-order valence-electron chi connectivity index (χ2n) is 9.50. The molecule has 2 atom stereocenters. The van der Waals surface area contributed by atoms with Crippen molar-refractivity contribution >= 4 is 16.1 Å². The summed E-state index contributed by atoms with van der Waals surface area (Å²) < 4.78 is 0. The molecular formula is C22H34Si2. The van der Waals surface area contributed by atoms with Gasteiger partial charge in [-0.05, 0) is 61.5 Å². The first-order valence-electron chi connectivity index (χ1n) is 9.60. The van der Waals surface area contributed by atoms with Crippen molar-refractivity contribution in [1.82, 2.24) is 0 Å². The van der Waals surface area contributed by atoms with Gasteiger partial charge in [-0.3, -0.25) is 0 Å². The third-order valence-corrected chi connectivity index (χ3v) is 6.29. The van der Waals surface area contributed by atoms with Crippen LogP contribution < -0.4 is 0 Å². The van der Waals surface area contributed by atoms with Crippen LogP contribution >= 0.6 is 0 Å². The molecule has 0 fully saturated rings. The van der Waals surface area contributed by atoms with E-state index < -0.39 is 16.1 Å². The summed E-state index contributed by atoms with van der Waals surface area (Å²) in [6, 6.07) is 0. The standard InChI is InChI=1S/C22H34Si2/c1-23(2,3)15-13-19-9-7-11-21(17-19)22-12-8-10-20(18-22)14-16-24(4,5)6/h17-18,21-22H,7-12H2,1-6H3. The van der Waals surface area contributed by atoms with Crippen molar-refractivity contribution in [2.45, 2.75) is 77.8 Å². The van der Waals surface area contributed by atoms with Gasteiger partial charge in [0, 0.05) is 0 Å². The molecule has 2 aliphatic rings. The van der Waals surface area contributed by atoms with Gasteiger partial charge in [0.15, 0.2) is 0 Å². The summed E-state index contributed by atoms with van der Waals surface area (Å²) in [7, 11) is -2.54. The van der Waals surface area contributed by atoms with Gasteiger partial charge in [0.05, 0.1) is 0 Å². The molecule has 2 heteroatoms. The highest BCUT2D eigenvalue weighted by atomic mass is 28.3. The number of hydrogen-bond acceptors (Lipinski definition) is 0. The lowest BCUT2D eigenvalue weighted by molar-refractivity contribution is 0.376. The van der Waals surface area contributed by atoms with Gasteiger partial charge in [0.1, 0.15) is 16.1 Å². The van der Waals surface area contributed by atoms with Gasteiger partial charge in [-0.15, -0.1) is 11.1 Å². The van der Waals surface area contributed by atoms with Crippen LogP contribution in [0, 0.1) is 34.8 Å². The Labute approximate surface area is 152 Å². The average Bonchev–Trinajstić information content (AvgIpc) is 2.50. The van der Waals surface area contributed by atoms with Gasteiger partial charge >= 0.3 is 0 Å². The van der Waals surface area contributed by atoms with Crippen molar-refractivity contribution in [2.24, 2.45) is 11.8 Å². The van der Waals surface area contributed by atoms with Crippen LogP contribution in [0.5, 0.6) is 0 Å². The van der Waals surface area contributed by atoms with E-state index in [9.17, 15) is 0 Å². The molecule has 0 saturated carbocycles. The Morgan fingerprint density at radius 1 is 0.708 bits per heavy atom. The third kappa shape index (κ3) is 6.88. The van der Waals surface area contributed by atoms with E-state index >= 15 is 0 Å². The Hall–Kier alpha value is -0.966. The van der Waals surface area contributed by atoms with Gasteiger partial charge in [-0.1, -0.05) is 63.3 Å². The Balaban J connectivity index is 2.14. The van der Waals surface area contributed by atoms with Crippen LogP contribution in [0.4, 0.5) is 0 Å². The topological polar surface area (TPSA) is 0 Å². The summed E-state index contributed by atoms with van der Waals surface area (Å²) in [4.78, 5) is 0. The summed E-state index contributed by atoms with van der Waals surface area (Å²) in [6.07, 6.45) is 12.6. The van der Waals surface area contributed by atoms with Crippen LogP contribution in [0.3, 0.4) is 0 Å². The zero-order chi connectivity index (χ0) is 17.8. The molecule has 0 amide bonds. The Morgan fingerprint density at radius 2 is 1.08 bits per heavy atom. The van der Waals surface area contributed by atoms with Gasteiger partial charge in [0.2, 0.25) is 0 Å². The predicted octanol–water partition coefficient (Wildman–Crippen LogP) is 6.20. The molecule has 2 rings (SSSR count). The summed E-state index contributed by atoms with van der Waals surface area (Å²) >= 11 is 0. The molecule has 0 nitrogen and oxygen atoms in total. The first-order chi connectivity index (χ1) is 11.1. The molecule has 2 aliphatic carbocycles. The van der Waals surface area contributed by atoms with Crippen LogP contribution in [-0.2, 0) is 0 Å². The molecule has 2 unspecified atom stereocenters. The molecule has 0 radical (unpaired) electrons. The first-order valence-corrected chi connectivity index (χ1v) is 16.6. The molecule has 0 heterocycles. The second kappa shape index (κ2) is 7.94. The second-order valence-corrected chi connectivity index (χ2v) is 19.0. The Bertz CT molecular complexity index is 572. The molecule has 0 aromatic carbocycles. The highest BCUT2D eigenvalue weighted by molar-refractivity contribution is 6.84. The van der Waals surface area contributed by atoms with Crippen molar-refractivity contribution in [2.75, 3.05) is 0 Å². The van der Waals surface area contributed by atoms with Crippen molar-refractivity contribution in [3.8, 4) is 22.9 Å². The third-order valence-electron chi connectivity index (χ3n) is 4.54. The quantitative estimate of drug-likeness (QED) is 0.388. The molecule has 0 bridgehead atoms. The monoisotopic (exact) mass is 354 g/mol. The zero-order valence-electron chi connectivity index (χ0n) is 16.6. The van der Waals surface area contributed by atoms with Crippen LogP contribution in [0.25, 0.3) is 0 Å². The molecule has 0 aromatic rings. The highest BCUT2D eigenvalue weighted by Gasteiger charge is 2.24. The fraction of sp³-hybridized carbons (Fsp3) is 0.636. The van der Waals surface area contributed by atoms with E-state index in [4.69, 9.17) is 0 Å². The maximum atomic E-state index is 3.55. The van der Waals surface area contributed by atoms with E-state index in [2.05, 4.69) is 74.4 Å². The fourth-order valence-electron chi connectivity index (χ4n) is 3.33. The maximum Gasteiger partial charge on any atom is 0.129 e. The van der Waals surface area contributed by atoms with Crippen molar-refractivity contribution in [3.05, 3.63) is 23.3 Å². The van der Waals surface area contributed by atoms with Crippen molar-refractivity contribution < 1.29 is 0 Å². The minimum Gasteiger partial charge on any atom is -0.127 e. The lowest BCUT2D eigenvalue weighted by Crippen LogP contribution is -2.19. The predicted molar refractivity (Wildman–Crippen MR) is 113 cm³/mol. The minimum absolute atomic E-state index is 0.689. The molecule has 0 aromatic heterocycles. The first kappa shape index (κ1) is 19.4. The minimum atomic E-state index is -1.27. The van der Waals surface area contributed by atoms with Gasteiger partial charge in [-0.2, -0.15) is 0 Å². The SMILES string of the molecule is C[Si](C)(C)C#CC1=CC(C2C=C(C#C[Si](C)(C)C)CCC2)CCC1. The van der Waals surface area contributed by atoms with Gasteiger partial charge in [-0.25, -0.2) is 0 Å². The Kier molecular flexibility index (Phi) is 6.41. The van der Waals surface area contributed by atoms with Gasteiger partial charge in [0.25, 0.3) is 0 Å². The van der Waals surface area contributed by atoms with Gasteiger partial charge < -0.3 is 0 Å². The summed E-state index contributed by atoms with van der Waals surface area (Å²) in [5, 5.41) is 0. The lowest BCUT2D eigenvalue weighted by atomic mass is 9.76. The molecule has 24 heavy (non-hydrogen) atoms. The van der Waals surface area contributed by atoms with E-state index in [1.165, 1.54) is 49.7 Å². The van der Waals surface area contributed by atoms with Crippen molar-refractivity contribution in [3.63, 3.8) is 0 Å². The number of allylic oxidation sites excluding steroid dienone is 4. The molecule has 130 valence electrons. The van der Waals surface area contributed by atoms with E-state index in [-0.39, 0.29) is 0 Å². The molecule has 0 spiro atoms. The zero-order valence-corrected chi connectivity index (χ0v) is 18.6. The van der Waals surface area contributed by atoms with Crippen LogP contribution in [-0.4, -0.2) is 16.1 Å². The Morgan fingerprint density at radius 3 is 1.42 bits per heavy atom. The molecule has 0 saturated heterocycles. The largest absolute Gasteiger partial charge is 0.129 e.